The first kappa shape index (κ1) is 11.9. The smallest absolute Gasteiger partial charge is 0.216 e. The molecule has 0 bridgehead atoms. The predicted octanol–water partition coefficient (Wildman–Crippen LogP) is 0.748. The van der Waals surface area contributed by atoms with E-state index >= 15 is 0 Å². The Morgan fingerprint density at radius 3 is 2.42 bits per heavy atom. The van der Waals surface area contributed by atoms with Crippen LogP contribution in [0.25, 0.3) is 0 Å². The van der Waals surface area contributed by atoms with Crippen molar-refractivity contribution in [1.29, 1.82) is 0 Å². The second kappa shape index (κ2) is 5.50. The summed E-state index contributed by atoms with van der Waals surface area (Å²) in [6.45, 7) is 3.93. The third-order valence-corrected chi connectivity index (χ3v) is 2.34. The Labute approximate surface area is 74.7 Å². The normalized spacial score (nSPS) is 14.6. The summed E-state index contributed by atoms with van der Waals surface area (Å²) in [5.41, 5.74) is 0. The lowest BCUT2D eigenvalue weighted by atomic mass is 10.1. The molecule has 74 valence electrons. The number of nitrogens with two attached hydrogens (primary N) is 1. The molecular weight excluding hydrogens is 176 g/mol. The number of hydrogen-bond donors (Lipinski definition) is 2. The van der Waals surface area contributed by atoms with E-state index in [1.807, 2.05) is 6.92 Å². The average molecular weight is 194 g/mol. The molecule has 5 heteroatoms. The van der Waals surface area contributed by atoms with Gasteiger partial charge >= 0.3 is 0 Å². The fraction of sp³-hybridized carbons (Fsp3) is 1.00. The van der Waals surface area contributed by atoms with Gasteiger partial charge in [-0.1, -0.05) is 26.2 Å². The quantitative estimate of drug-likeness (QED) is 0.612. The van der Waals surface area contributed by atoms with Crippen molar-refractivity contribution < 1.29 is 8.42 Å². The monoisotopic (exact) mass is 194 g/mol. The maximum absolute atomic E-state index is 10.5. The summed E-state index contributed by atoms with van der Waals surface area (Å²) < 4.78 is 23.4. The molecule has 1 atom stereocenters. The first-order valence-electron chi connectivity index (χ1n) is 4.25. The highest BCUT2D eigenvalue weighted by molar-refractivity contribution is 7.87. The van der Waals surface area contributed by atoms with Gasteiger partial charge in [-0.15, -0.1) is 0 Å². The third-order valence-electron chi connectivity index (χ3n) is 1.61. The fourth-order valence-corrected chi connectivity index (χ4v) is 1.72. The van der Waals surface area contributed by atoms with Crippen LogP contribution in [0.5, 0.6) is 0 Å². The van der Waals surface area contributed by atoms with Gasteiger partial charge in [-0.05, 0) is 13.3 Å². The van der Waals surface area contributed by atoms with Gasteiger partial charge in [-0.3, -0.25) is 0 Å². The van der Waals surface area contributed by atoms with Crippen LogP contribution in [0.2, 0.25) is 0 Å². The van der Waals surface area contributed by atoms with E-state index in [-0.39, 0.29) is 6.04 Å². The Hall–Kier alpha value is -0.130. The van der Waals surface area contributed by atoms with Gasteiger partial charge in [-0.2, -0.15) is 13.1 Å². The summed E-state index contributed by atoms with van der Waals surface area (Å²) in [5.74, 6) is 0. The first-order valence-corrected chi connectivity index (χ1v) is 5.80. The summed E-state index contributed by atoms with van der Waals surface area (Å²) in [6, 6.07) is -0.0495. The van der Waals surface area contributed by atoms with Crippen LogP contribution < -0.4 is 9.86 Å². The van der Waals surface area contributed by atoms with Gasteiger partial charge < -0.3 is 0 Å². The minimum absolute atomic E-state index is 0.0495. The zero-order chi connectivity index (χ0) is 9.61. The molecule has 0 aromatic rings. The zero-order valence-electron chi connectivity index (χ0n) is 7.71. The standard InChI is InChI=1S/C7H18N2O2S/c1-3-4-5-6-7(2)9-12(8,10)11/h7,9H,3-6H2,1-2H3,(H2,8,10,11). The van der Waals surface area contributed by atoms with E-state index in [4.69, 9.17) is 5.14 Å². The van der Waals surface area contributed by atoms with Crippen LogP contribution in [0.4, 0.5) is 0 Å². The molecule has 0 aromatic carbocycles. The lowest BCUT2D eigenvalue weighted by Crippen LogP contribution is -2.37. The molecule has 0 amide bonds. The molecule has 3 N–H and O–H groups in total. The van der Waals surface area contributed by atoms with Gasteiger partial charge in [-0.25, -0.2) is 5.14 Å². The topological polar surface area (TPSA) is 72.2 Å². The van der Waals surface area contributed by atoms with Crippen molar-refractivity contribution >= 4 is 10.2 Å². The molecule has 0 rings (SSSR count). The van der Waals surface area contributed by atoms with Crippen molar-refractivity contribution in [1.82, 2.24) is 4.72 Å². The number of rotatable bonds is 6. The summed E-state index contributed by atoms with van der Waals surface area (Å²) in [4.78, 5) is 0. The number of nitrogens with one attached hydrogen (secondary N) is 1. The Morgan fingerprint density at radius 1 is 1.42 bits per heavy atom. The lowest BCUT2D eigenvalue weighted by Gasteiger charge is -2.10. The highest BCUT2D eigenvalue weighted by atomic mass is 32.2. The van der Waals surface area contributed by atoms with E-state index in [9.17, 15) is 8.42 Å². The number of hydrogen-bond acceptors (Lipinski definition) is 2. The van der Waals surface area contributed by atoms with Gasteiger partial charge in [0.2, 0.25) is 0 Å². The minimum atomic E-state index is -3.51. The fourth-order valence-electron chi connectivity index (χ4n) is 1.04. The van der Waals surface area contributed by atoms with Crippen LogP contribution in [0.3, 0.4) is 0 Å². The Balaban J connectivity index is 3.53. The maximum Gasteiger partial charge on any atom is 0.274 e. The molecular formula is C7H18N2O2S. The minimum Gasteiger partial charge on any atom is -0.216 e. The van der Waals surface area contributed by atoms with Crippen LogP contribution >= 0.6 is 0 Å². The van der Waals surface area contributed by atoms with Gasteiger partial charge in [0.25, 0.3) is 10.2 Å². The highest BCUT2D eigenvalue weighted by Crippen LogP contribution is 2.02. The van der Waals surface area contributed by atoms with E-state index in [1.54, 1.807) is 0 Å². The molecule has 0 aliphatic heterocycles. The largest absolute Gasteiger partial charge is 0.274 e. The third kappa shape index (κ3) is 7.97. The highest BCUT2D eigenvalue weighted by Gasteiger charge is 2.07. The first-order chi connectivity index (χ1) is 5.45. The maximum atomic E-state index is 10.5. The summed E-state index contributed by atoms with van der Waals surface area (Å²) in [7, 11) is -3.51. The summed E-state index contributed by atoms with van der Waals surface area (Å²) in [6.07, 6.45) is 4.17. The molecule has 0 aliphatic carbocycles. The van der Waals surface area contributed by atoms with E-state index in [0.29, 0.717) is 0 Å². The molecule has 1 unspecified atom stereocenters. The van der Waals surface area contributed by atoms with Crippen LogP contribution in [0.15, 0.2) is 0 Å². The lowest BCUT2D eigenvalue weighted by molar-refractivity contribution is 0.528. The van der Waals surface area contributed by atoms with E-state index in [1.165, 1.54) is 0 Å². The van der Waals surface area contributed by atoms with Crippen LogP contribution in [-0.4, -0.2) is 14.5 Å². The van der Waals surface area contributed by atoms with Crippen molar-refractivity contribution in [2.45, 2.75) is 45.6 Å². The molecule has 0 spiro atoms. The van der Waals surface area contributed by atoms with Crippen LogP contribution in [0, 0.1) is 0 Å². The van der Waals surface area contributed by atoms with Crippen molar-refractivity contribution in [3.05, 3.63) is 0 Å². The zero-order valence-corrected chi connectivity index (χ0v) is 8.52. The number of unbranched alkanes of at least 4 members (excludes halogenated alkanes) is 2. The Morgan fingerprint density at radius 2 is 2.00 bits per heavy atom. The van der Waals surface area contributed by atoms with Gasteiger partial charge in [0.05, 0.1) is 0 Å². The second-order valence-electron chi connectivity index (χ2n) is 3.06. The van der Waals surface area contributed by atoms with E-state index in [2.05, 4.69) is 11.6 Å². The average Bonchev–Trinajstić information content (AvgIpc) is 1.84. The molecule has 0 saturated heterocycles. The van der Waals surface area contributed by atoms with Gasteiger partial charge in [0, 0.05) is 6.04 Å². The van der Waals surface area contributed by atoms with E-state index in [0.717, 1.165) is 25.7 Å². The molecule has 0 saturated carbocycles. The summed E-state index contributed by atoms with van der Waals surface area (Å²) >= 11 is 0. The molecule has 0 radical (unpaired) electrons. The molecule has 4 nitrogen and oxygen atoms in total. The van der Waals surface area contributed by atoms with Crippen molar-refractivity contribution in [2.75, 3.05) is 0 Å². The van der Waals surface area contributed by atoms with Crippen molar-refractivity contribution in [2.24, 2.45) is 5.14 Å². The SMILES string of the molecule is CCCCCC(C)NS(N)(=O)=O. The molecule has 0 aromatic heterocycles. The Kier molecular flexibility index (Phi) is 5.44. The van der Waals surface area contributed by atoms with Crippen molar-refractivity contribution in [3.8, 4) is 0 Å². The van der Waals surface area contributed by atoms with Gasteiger partial charge in [0.1, 0.15) is 0 Å². The van der Waals surface area contributed by atoms with Crippen LogP contribution in [-0.2, 0) is 10.2 Å². The summed E-state index contributed by atoms with van der Waals surface area (Å²) in [5, 5.41) is 4.80. The van der Waals surface area contributed by atoms with Crippen molar-refractivity contribution in [3.63, 3.8) is 0 Å². The molecule has 12 heavy (non-hydrogen) atoms. The van der Waals surface area contributed by atoms with Crippen LogP contribution in [0.1, 0.15) is 39.5 Å². The van der Waals surface area contributed by atoms with E-state index < -0.39 is 10.2 Å². The Bertz CT molecular complexity index is 201. The predicted molar refractivity (Wildman–Crippen MR) is 49.8 cm³/mol. The second-order valence-corrected chi connectivity index (χ2v) is 4.39. The molecule has 0 heterocycles. The van der Waals surface area contributed by atoms with Gasteiger partial charge in [0.15, 0.2) is 0 Å². The molecule has 0 fully saturated rings. The molecule has 0 aliphatic rings.